The number of ether oxygens (including phenoxy) is 2. The van der Waals surface area contributed by atoms with E-state index in [1.54, 1.807) is 14.2 Å². The number of methoxy groups -OCH3 is 2. The van der Waals surface area contributed by atoms with Crippen molar-refractivity contribution in [3.8, 4) is 11.5 Å². The van der Waals surface area contributed by atoms with E-state index in [1.165, 1.54) is 24.9 Å². The van der Waals surface area contributed by atoms with Crippen molar-refractivity contribution in [2.24, 2.45) is 17.6 Å². The molecule has 1 aromatic rings. The first-order chi connectivity index (χ1) is 11.1. The van der Waals surface area contributed by atoms with Gasteiger partial charge >= 0.3 is 0 Å². The summed E-state index contributed by atoms with van der Waals surface area (Å²) >= 11 is 0. The lowest BCUT2D eigenvalue weighted by Gasteiger charge is -2.48. The minimum absolute atomic E-state index is 0.307. The molecule has 1 saturated heterocycles. The molecule has 0 amide bonds. The van der Waals surface area contributed by atoms with Crippen LogP contribution in [0.5, 0.6) is 11.5 Å². The van der Waals surface area contributed by atoms with Crippen molar-refractivity contribution >= 4 is 0 Å². The molecule has 23 heavy (non-hydrogen) atoms. The first-order valence-electron chi connectivity index (χ1n) is 8.81. The number of hydrogen-bond donors (Lipinski definition) is 1. The van der Waals surface area contributed by atoms with E-state index < -0.39 is 0 Å². The second-order valence-corrected chi connectivity index (χ2v) is 7.33. The van der Waals surface area contributed by atoms with Gasteiger partial charge in [0.15, 0.2) is 11.5 Å². The van der Waals surface area contributed by atoms with Gasteiger partial charge in [-0.1, -0.05) is 13.0 Å². The van der Waals surface area contributed by atoms with Crippen LogP contribution < -0.4 is 15.2 Å². The van der Waals surface area contributed by atoms with Gasteiger partial charge in [0, 0.05) is 25.2 Å². The number of nitrogens with zero attached hydrogens (tertiary/aromatic N) is 1. The fourth-order valence-electron chi connectivity index (χ4n) is 4.24. The quantitative estimate of drug-likeness (QED) is 0.907. The molecule has 1 aromatic carbocycles. The van der Waals surface area contributed by atoms with Crippen molar-refractivity contribution in [2.45, 2.75) is 44.7 Å². The van der Waals surface area contributed by atoms with Gasteiger partial charge in [-0.2, -0.15) is 0 Å². The van der Waals surface area contributed by atoms with Gasteiger partial charge in [0.25, 0.3) is 0 Å². The maximum atomic E-state index is 6.35. The molecule has 1 saturated carbocycles. The van der Waals surface area contributed by atoms with E-state index in [4.69, 9.17) is 15.2 Å². The molecular weight excluding hydrogens is 288 g/mol. The van der Waals surface area contributed by atoms with E-state index in [0.717, 1.165) is 42.8 Å². The molecule has 1 heterocycles. The lowest BCUT2D eigenvalue weighted by Crippen LogP contribution is -2.55. The summed E-state index contributed by atoms with van der Waals surface area (Å²) in [6.07, 6.45) is 4.89. The van der Waals surface area contributed by atoms with Crippen LogP contribution in [-0.2, 0) is 6.42 Å². The third-order valence-corrected chi connectivity index (χ3v) is 5.61. The Balaban J connectivity index is 1.66. The molecule has 2 N–H and O–H groups in total. The number of hydrogen-bond acceptors (Lipinski definition) is 4. The average Bonchev–Trinajstić information content (AvgIpc) is 2.52. The van der Waals surface area contributed by atoms with Crippen molar-refractivity contribution in [1.82, 2.24) is 4.90 Å². The van der Waals surface area contributed by atoms with Crippen LogP contribution in [0.15, 0.2) is 18.2 Å². The summed E-state index contributed by atoms with van der Waals surface area (Å²) in [7, 11) is 3.37. The Hall–Kier alpha value is -1.26. The second-order valence-electron chi connectivity index (χ2n) is 7.33. The summed E-state index contributed by atoms with van der Waals surface area (Å²) < 4.78 is 10.8. The van der Waals surface area contributed by atoms with Gasteiger partial charge in [0.2, 0.25) is 0 Å². The normalized spacial score (nSPS) is 31.5. The molecule has 0 aromatic heterocycles. The summed E-state index contributed by atoms with van der Waals surface area (Å²) in [5.41, 5.74) is 7.66. The molecule has 1 aliphatic carbocycles. The van der Waals surface area contributed by atoms with Gasteiger partial charge < -0.3 is 15.2 Å². The average molecular weight is 318 g/mol. The minimum atomic E-state index is 0.307. The van der Waals surface area contributed by atoms with Crippen LogP contribution in [-0.4, -0.2) is 44.3 Å². The van der Waals surface area contributed by atoms with E-state index in [0.29, 0.717) is 12.0 Å². The predicted octanol–water partition coefficient (Wildman–Crippen LogP) is 2.69. The van der Waals surface area contributed by atoms with Crippen LogP contribution in [0.3, 0.4) is 0 Å². The molecule has 0 bridgehead atoms. The molecule has 0 spiro atoms. The Labute approximate surface area is 139 Å². The van der Waals surface area contributed by atoms with Crippen LogP contribution >= 0.6 is 0 Å². The van der Waals surface area contributed by atoms with Crippen LogP contribution in [0.25, 0.3) is 0 Å². The Morgan fingerprint density at radius 2 is 1.91 bits per heavy atom. The lowest BCUT2D eigenvalue weighted by molar-refractivity contribution is 0.0288. The smallest absolute Gasteiger partial charge is 0.160 e. The zero-order valence-electron chi connectivity index (χ0n) is 14.6. The zero-order chi connectivity index (χ0) is 16.4. The highest BCUT2D eigenvalue weighted by Gasteiger charge is 2.36. The Bertz CT molecular complexity index is 534. The fraction of sp³-hybridized carbons (Fsp3) is 0.684. The molecule has 4 atom stereocenters. The number of rotatable bonds is 5. The Morgan fingerprint density at radius 3 is 2.52 bits per heavy atom. The molecule has 128 valence electrons. The van der Waals surface area contributed by atoms with Gasteiger partial charge in [-0.05, 0) is 55.2 Å². The van der Waals surface area contributed by atoms with Crippen LogP contribution in [0, 0.1) is 11.8 Å². The molecule has 4 nitrogen and oxygen atoms in total. The molecule has 4 heteroatoms. The van der Waals surface area contributed by atoms with E-state index in [9.17, 15) is 0 Å². The topological polar surface area (TPSA) is 47.7 Å². The summed E-state index contributed by atoms with van der Waals surface area (Å²) in [4.78, 5) is 2.65. The van der Waals surface area contributed by atoms with E-state index in [2.05, 4.69) is 24.0 Å². The molecule has 0 radical (unpaired) electrons. The Morgan fingerprint density at radius 1 is 1.13 bits per heavy atom. The maximum absolute atomic E-state index is 6.35. The molecule has 2 fully saturated rings. The highest BCUT2D eigenvalue weighted by molar-refractivity contribution is 5.43. The van der Waals surface area contributed by atoms with Crippen molar-refractivity contribution < 1.29 is 9.47 Å². The highest BCUT2D eigenvalue weighted by atomic mass is 16.5. The van der Waals surface area contributed by atoms with Crippen molar-refractivity contribution in [1.29, 1.82) is 0 Å². The molecule has 4 unspecified atom stereocenters. The third-order valence-electron chi connectivity index (χ3n) is 5.61. The van der Waals surface area contributed by atoms with E-state index in [1.807, 2.05) is 6.07 Å². The molecular formula is C19H30N2O2. The molecule has 1 aliphatic heterocycles. The summed E-state index contributed by atoms with van der Waals surface area (Å²) in [5, 5.41) is 0. The van der Waals surface area contributed by atoms with Gasteiger partial charge in [-0.15, -0.1) is 0 Å². The monoisotopic (exact) mass is 318 g/mol. The summed E-state index contributed by atoms with van der Waals surface area (Å²) in [5.74, 6) is 3.07. The fourth-order valence-corrected chi connectivity index (χ4v) is 4.24. The van der Waals surface area contributed by atoms with E-state index >= 15 is 0 Å². The summed E-state index contributed by atoms with van der Waals surface area (Å²) in [6.45, 7) is 4.62. The largest absolute Gasteiger partial charge is 0.493 e. The predicted molar refractivity (Wildman–Crippen MR) is 93.1 cm³/mol. The third kappa shape index (κ3) is 3.64. The molecule has 2 aliphatic rings. The lowest BCUT2D eigenvalue weighted by atomic mass is 9.77. The zero-order valence-corrected chi connectivity index (χ0v) is 14.6. The van der Waals surface area contributed by atoms with E-state index in [-0.39, 0.29) is 0 Å². The first kappa shape index (κ1) is 16.6. The standard InChI is InChI=1S/C19H30N2O2/c1-13-4-6-17(13)21-11-15(9-16(20)12-21)8-14-5-7-18(22-2)19(10-14)23-3/h5,7,10,13,15-17H,4,6,8-9,11-12,20H2,1-3H3. The number of piperidine rings is 1. The minimum Gasteiger partial charge on any atom is -0.493 e. The number of nitrogens with two attached hydrogens (primary N) is 1. The van der Waals surface area contributed by atoms with Gasteiger partial charge in [-0.25, -0.2) is 0 Å². The highest BCUT2D eigenvalue weighted by Crippen LogP contribution is 2.35. The van der Waals surface area contributed by atoms with Crippen molar-refractivity contribution in [2.75, 3.05) is 27.3 Å². The van der Waals surface area contributed by atoms with Gasteiger partial charge in [0.05, 0.1) is 14.2 Å². The number of likely N-dealkylation sites (tertiary alicyclic amines) is 1. The second kappa shape index (κ2) is 7.10. The summed E-state index contributed by atoms with van der Waals surface area (Å²) in [6, 6.07) is 7.33. The van der Waals surface area contributed by atoms with Crippen LogP contribution in [0.4, 0.5) is 0 Å². The van der Waals surface area contributed by atoms with Gasteiger partial charge in [0.1, 0.15) is 0 Å². The van der Waals surface area contributed by atoms with Crippen LogP contribution in [0.1, 0.15) is 31.7 Å². The van der Waals surface area contributed by atoms with Crippen LogP contribution in [0.2, 0.25) is 0 Å². The SMILES string of the molecule is COc1ccc(CC2CC(N)CN(C3CCC3C)C2)cc1OC. The van der Waals surface area contributed by atoms with Crippen molar-refractivity contribution in [3.05, 3.63) is 23.8 Å². The number of benzene rings is 1. The maximum Gasteiger partial charge on any atom is 0.160 e. The first-order valence-corrected chi connectivity index (χ1v) is 8.81. The van der Waals surface area contributed by atoms with Crippen molar-refractivity contribution in [3.63, 3.8) is 0 Å². The molecule has 3 rings (SSSR count). The van der Waals surface area contributed by atoms with Gasteiger partial charge in [-0.3, -0.25) is 4.90 Å². The Kier molecular flexibility index (Phi) is 5.12.